The number of imidazole rings is 1. The van der Waals surface area contributed by atoms with Gasteiger partial charge in [0.05, 0.1) is 11.0 Å². The Kier molecular flexibility index (Phi) is 3.46. The molecule has 0 saturated heterocycles. The van der Waals surface area contributed by atoms with Gasteiger partial charge < -0.3 is 4.98 Å². The summed E-state index contributed by atoms with van der Waals surface area (Å²) < 4.78 is 0. The Balaban J connectivity index is 0.000000461. The summed E-state index contributed by atoms with van der Waals surface area (Å²) in [7, 11) is 0. The maximum absolute atomic E-state index is 4.30. The summed E-state index contributed by atoms with van der Waals surface area (Å²) in [4.78, 5) is 7.46. The van der Waals surface area contributed by atoms with E-state index < -0.39 is 0 Å². The Morgan fingerprint density at radius 2 is 2.07 bits per heavy atom. The quantitative estimate of drug-likeness (QED) is 0.728. The van der Waals surface area contributed by atoms with E-state index in [4.69, 9.17) is 0 Å². The zero-order chi connectivity index (χ0) is 10.6. The molecule has 14 heavy (non-hydrogen) atoms. The van der Waals surface area contributed by atoms with Gasteiger partial charge in [0.2, 0.25) is 0 Å². The number of benzene rings is 1. The van der Waals surface area contributed by atoms with Crippen LogP contribution in [0.1, 0.15) is 25.2 Å². The maximum Gasteiger partial charge on any atom is 0.130 e. The van der Waals surface area contributed by atoms with Crippen LogP contribution >= 0.6 is 0 Å². The Labute approximate surface area is 84.7 Å². The standard InChI is InChI=1S/C10H10N2.C2H6/c1-3-10-11-8-5-4-7(2)6-9(8)12-10;1-2/h3-6H,1H2,2H3,(H,11,12);1-2H3. The molecule has 0 aliphatic carbocycles. The number of nitrogens with zero attached hydrogens (tertiary/aromatic N) is 1. The van der Waals surface area contributed by atoms with Crippen LogP contribution in [0, 0.1) is 6.92 Å². The Morgan fingerprint density at radius 3 is 2.71 bits per heavy atom. The van der Waals surface area contributed by atoms with Crippen LogP contribution in [0.2, 0.25) is 0 Å². The van der Waals surface area contributed by atoms with Gasteiger partial charge in [-0.1, -0.05) is 26.5 Å². The lowest BCUT2D eigenvalue weighted by molar-refractivity contribution is 1.29. The van der Waals surface area contributed by atoms with E-state index in [9.17, 15) is 0 Å². The number of fused-ring (bicyclic) bond motifs is 1. The Bertz CT molecular complexity index is 427. The van der Waals surface area contributed by atoms with Gasteiger partial charge in [0, 0.05) is 0 Å². The average molecular weight is 188 g/mol. The second-order valence-electron chi connectivity index (χ2n) is 2.85. The maximum atomic E-state index is 4.30. The molecule has 0 amide bonds. The summed E-state index contributed by atoms with van der Waals surface area (Å²) in [5, 5.41) is 0. The van der Waals surface area contributed by atoms with E-state index in [1.165, 1.54) is 5.56 Å². The molecule has 0 aliphatic heterocycles. The SMILES string of the molecule is C=Cc1nc2ccc(C)cc2[nH]1.CC. The number of nitrogens with one attached hydrogen (secondary N) is 1. The molecule has 2 heteroatoms. The van der Waals surface area contributed by atoms with Crippen molar-refractivity contribution in [2.45, 2.75) is 20.8 Å². The summed E-state index contributed by atoms with van der Waals surface area (Å²) in [6.45, 7) is 9.72. The average Bonchev–Trinajstić information content (AvgIpc) is 2.62. The number of aromatic nitrogens is 2. The van der Waals surface area contributed by atoms with Gasteiger partial charge >= 0.3 is 0 Å². The van der Waals surface area contributed by atoms with Crippen molar-refractivity contribution in [2.24, 2.45) is 0 Å². The van der Waals surface area contributed by atoms with Crippen LogP contribution in [0.5, 0.6) is 0 Å². The van der Waals surface area contributed by atoms with Gasteiger partial charge in [0.15, 0.2) is 0 Å². The van der Waals surface area contributed by atoms with Crippen LogP contribution < -0.4 is 0 Å². The van der Waals surface area contributed by atoms with Crippen LogP contribution in [0.4, 0.5) is 0 Å². The predicted molar refractivity (Wildman–Crippen MR) is 62.3 cm³/mol. The van der Waals surface area contributed by atoms with Crippen molar-refractivity contribution in [3.63, 3.8) is 0 Å². The van der Waals surface area contributed by atoms with Crippen molar-refractivity contribution in [1.29, 1.82) is 0 Å². The van der Waals surface area contributed by atoms with Gasteiger partial charge in [-0.05, 0) is 30.7 Å². The highest BCUT2D eigenvalue weighted by atomic mass is 14.9. The second kappa shape index (κ2) is 4.61. The highest BCUT2D eigenvalue weighted by Crippen LogP contribution is 2.13. The largest absolute Gasteiger partial charge is 0.338 e. The summed E-state index contributed by atoms with van der Waals surface area (Å²) in [5.74, 6) is 0.829. The third kappa shape index (κ3) is 2.02. The zero-order valence-corrected chi connectivity index (χ0v) is 8.96. The molecule has 1 heterocycles. The molecule has 1 aromatic carbocycles. The molecule has 0 spiro atoms. The first-order valence-electron chi connectivity index (χ1n) is 4.88. The highest BCUT2D eigenvalue weighted by Gasteiger charge is 1.98. The molecule has 74 valence electrons. The number of H-pyrrole nitrogens is 1. The fraction of sp³-hybridized carbons (Fsp3) is 0.250. The molecule has 2 rings (SSSR count). The fourth-order valence-electron chi connectivity index (χ4n) is 1.24. The van der Waals surface area contributed by atoms with Crippen LogP contribution in [0.3, 0.4) is 0 Å². The lowest BCUT2D eigenvalue weighted by Crippen LogP contribution is -1.71. The molecule has 0 unspecified atom stereocenters. The van der Waals surface area contributed by atoms with E-state index >= 15 is 0 Å². The minimum atomic E-state index is 0.829. The Morgan fingerprint density at radius 1 is 1.36 bits per heavy atom. The second-order valence-corrected chi connectivity index (χ2v) is 2.85. The lowest BCUT2D eigenvalue weighted by atomic mass is 10.2. The third-order valence-electron chi connectivity index (χ3n) is 1.85. The van der Waals surface area contributed by atoms with Crippen LogP contribution in [-0.4, -0.2) is 9.97 Å². The molecule has 0 aliphatic rings. The number of rotatable bonds is 1. The summed E-state index contributed by atoms with van der Waals surface area (Å²) in [6.07, 6.45) is 1.72. The first-order chi connectivity index (χ1) is 6.79. The number of aromatic amines is 1. The highest BCUT2D eigenvalue weighted by molar-refractivity contribution is 5.77. The van der Waals surface area contributed by atoms with Crippen molar-refractivity contribution in [3.8, 4) is 0 Å². The summed E-state index contributed by atoms with van der Waals surface area (Å²) in [5.41, 5.74) is 3.31. The minimum Gasteiger partial charge on any atom is -0.338 e. The zero-order valence-electron chi connectivity index (χ0n) is 8.96. The fourth-order valence-corrected chi connectivity index (χ4v) is 1.24. The van der Waals surface area contributed by atoms with Crippen molar-refractivity contribution in [1.82, 2.24) is 9.97 Å². The molecule has 0 bridgehead atoms. The van der Waals surface area contributed by atoms with Gasteiger partial charge in [-0.25, -0.2) is 4.98 Å². The van der Waals surface area contributed by atoms with Crippen molar-refractivity contribution in [3.05, 3.63) is 36.2 Å². The van der Waals surface area contributed by atoms with Gasteiger partial charge in [0.25, 0.3) is 0 Å². The predicted octanol–water partition coefficient (Wildman–Crippen LogP) is 3.54. The summed E-state index contributed by atoms with van der Waals surface area (Å²) in [6, 6.07) is 6.14. The molecule has 1 aromatic heterocycles. The minimum absolute atomic E-state index is 0.829. The Hall–Kier alpha value is -1.57. The van der Waals surface area contributed by atoms with E-state index in [0.29, 0.717) is 0 Å². The first kappa shape index (κ1) is 10.5. The van der Waals surface area contributed by atoms with Gasteiger partial charge in [0.1, 0.15) is 5.82 Å². The van der Waals surface area contributed by atoms with Gasteiger partial charge in [-0.15, -0.1) is 0 Å². The molecule has 0 radical (unpaired) electrons. The molecule has 0 saturated carbocycles. The van der Waals surface area contributed by atoms with E-state index in [1.807, 2.05) is 19.9 Å². The van der Waals surface area contributed by atoms with Crippen molar-refractivity contribution < 1.29 is 0 Å². The third-order valence-corrected chi connectivity index (χ3v) is 1.85. The lowest BCUT2D eigenvalue weighted by Gasteiger charge is -1.89. The summed E-state index contributed by atoms with van der Waals surface area (Å²) >= 11 is 0. The molecule has 2 aromatic rings. The van der Waals surface area contributed by atoms with Crippen molar-refractivity contribution >= 4 is 17.1 Å². The molecule has 0 fully saturated rings. The molecule has 0 atom stereocenters. The first-order valence-corrected chi connectivity index (χ1v) is 4.88. The topological polar surface area (TPSA) is 28.7 Å². The van der Waals surface area contributed by atoms with E-state index in [2.05, 4.69) is 35.6 Å². The van der Waals surface area contributed by atoms with E-state index in [-0.39, 0.29) is 0 Å². The van der Waals surface area contributed by atoms with Crippen LogP contribution in [0.15, 0.2) is 24.8 Å². The molecular weight excluding hydrogens is 172 g/mol. The number of hydrogen-bond donors (Lipinski definition) is 1. The smallest absolute Gasteiger partial charge is 0.130 e. The van der Waals surface area contributed by atoms with Crippen LogP contribution in [-0.2, 0) is 0 Å². The van der Waals surface area contributed by atoms with E-state index in [1.54, 1.807) is 6.08 Å². The number of hydrogen-bond acceptors (Lipinski definition) is 1. The van der Waals surface area contributed by atoms with Crippen LogP contribution in [0.25, 0.3) is 17.1 Å². The van der Waals surface area contributed by atoms with Crippen molar-refractivity contribution in [2.75, 3.05) is 0 Å². The molecular formula is C12H16N2. The monoisotopic (exact) mass is 188 g/mol. The normalized spacial score (nSPS) is 9.36. The number of aryl methyl sites for hydroxylation is 1. The van der Waals surface area contributed by atoms with E-state index in [0.717, 1.165) is 16.9 Å². The molecule has 1 N–H and O–H groups in total. The molecule has 2 nitrogen and oxygen atoms in total. The van der Waals surface area contributed by atoms with Gasteiger partial charge in [-0.3, -0.25) is 0 Å². The van der Waals surface area contributed by atoms with Gasteiger partial charge in [-0.2, -0.15) is 0 Å².